The van der Waals surface area contributed by atoms with E-state index in [1.807, 2.05) is 0 Å². The summed E-state index contributed by atoms with van der Waals surface area (Å²) in [4.78, 5) is 16.0. The van der Waals surface area contributed by atoms with E-state index >= 15 is 0 Å². The van der Waals surface area contributed by atoms with Gasteiger partial charge >= 0.3 is 0 Å². The van der Waals surface area contributed by atoms with E-state index in [0.717, 1.165) is 3.57 Å². The van der Waals surface area contributed by atoms with Crippen LogP contribution in [0.3, 0.4) is 0 Å². The molecule has 1 aromatic carbocycles. The fourth-order valence-corrected chi connectivity index (χ4v) is 2.69. The molecule has 0 atom stereocenters. The van der Waals surface area contributed by atoms with Crippen LogP contribution in [0.15, 0.2) is 30.3 Å². The first-order valence-electron chi connectivity index (χ1n) is 5.06. The standard InChI is InChI=1S/C12H6Cl3IN2O/c13-6-1-3-9(8(16)5-6)17-12(19)11-7(14)2-4-10(15)18-11/h1-5H,(H,17,19). The Morgan fingerprint density at radius 1 is 1.16 bits per heavy atom. The summed E-state index contributed by atoms with van der Waals surface area (Å²) >= 11 is 19.6. The Morgan fingerprint density at radius 3 is 2.58 bits per heavy atom. The fourth-order valence-electron chi connectivity index (χ4n) is 1.35. The summed E-state index contributed by atoms with van der Waals surface area (Å²) < 4.78 is 0.816. The summed E-state index contributed by atoms with van der Waals surface area (Å²) in [6.07, 6.45) is 0. The Bertz CT molecular complexity index is 649. The molecule has 0 unspecified atom stereocenters. The number of aromatic nitrogens is 1. The Kier molecular flexibility index (Phi) is 4.89. The predicted molar refractivity (Wildman–Crippen MR) is 86.4 cm³/mol. The van der Waals surface area contributed by atoms with Gasteiger partial charge in [-0.25, -0.2) is 4.98 Å². The molecule has 7 heteroatoms. The van der Waals surface area contributed by atoms with Crippen LogP contribution in [0.25, 0.3) is 0 Å². The zero-order valence-electron chi connectivity index (χ0n) is 9.25. The number of carbonyl (C=O) groups is 1. The Morgan fingerprint density at radius 2 is 1.89 bits per heavy atom. The van der Waals surface area contributed by atoms with Crippen LogP contribution in [-0.4, -0.2) is 10.9 Å². The van der Waals surface area contributed by atoms with E-state index < -0.39 is 5.91 Å². The third-order valence-electron chi connectivity index (χ3n) is 2.21. The van der Waals surface area contributed by atoms with Gasteiger partial charge < -0.3 is 5.32 Å². The van der Waals surface area contributed by atoms with E-state index in [0.29, 0.717) is 10.7 Å². The first-order valence-corrected chi connectivity index (χ1v) is 7.27. The van der Waals surface area contributed by atoms with Gasteiger partial charge in [0.05, 0.1) is 10.7 Å². The van der Waals surface area contributed by atoms with Gasteiger partial charge in [0, 0.05) is 8.59 Å². The number of pyridine rings is 1. The first kappa shape index (κ1) is 14.8. The van der Waals surface area contributed by atoms with E-state index in [1.165, 1.54) is 12.1 Å². The Hall–Kier alpha value is -0.560. The SMILES string of the molecule is O=C(Nc1ccc(Cl)cc1I)c1nc(Cl)ccc1Cl. The number of hydrogen-bond donors (Lipinski definition) is 1. The zero-order valence-corrected chi connectivity index (χ0v) is 13.7. The zero-order chi connectivity index (χ0) is 14.0. The van der Waals surface area contributed by atoms with E-state index in [1.54, 1.807) is 18.2 Å². The Labute approximate surface area is 138 Å². The van der Waals surface area contributed by atoms with Gasteiger partial charge in [0.25, 0.3) is 5.91 Å². The van der Waals surface area contributed by atoms with Crippen LogP contribution >= 0.6 is 57.4 Å². The summed E-state index contributed by atoms with van der Waals surface area (Å²) in [5.41, 5.74) is 0.716. The second-order valence-electron chi connectivity index (χ2n) is 3.54. The second kappa shape index (κ2) is 6.26. The summed E-state index contributed by atoms with van der Waals surface area (Å²) in [6, 6.07) is 8.18. The van der Waals surface area contributed by atoms with E-state index in [-0.39, 0.29) is 15.9 Å². The third-order valence-corrected chi connectivity index (χ3v) is 3.85. The van der Waals surface area contributed by atoms with Crippen molar-refractivity contribution >= 4 is 69.0 Å². The minimum absolute atomic E-state index is 0.0833. The summed E-state index contributed by atoms with van der Waals surface area (Å²) in [7, 11) is 0. The van der Waals surface area contributed by atoms with Crippen LogP contribution in [0.1, 0.15) is 10.5 Å². The van der Waals surface area contributed by atoms with Crippen molar-refractivity contribution < 1.29 is 4.79 Å². The number of rotatable bonds is 2. The van der Waals surface area contributed by atoms with E-state index in [4.69, 9.17) is 34.8 Å². The lowest BCUT2D eigenvalue weighted by Crippen LogP contribution is -2.15. The van der Waals surface area contributed by atoms with Crippen LogP contribution in [0.4, 0.5) is 5.69 Å². The number of nitrogens with one attached hydrogen (secondary N) is 1. The lowest BCUT2D eigenvalue weighted by molar-refractivity contribution is 0.102. The maximum absolute atomic E-state index is 12.1. The van der Waals surface area contributed by atoms with E-state index in [2.05, 4.69) is 32.9 Å². The summed E-state index contributed by atoms with van der Waals surface area (Å²) in [6.45, 7) is 0. The maximum Gasteiger partial charge on any atom is 0.275 e. The molecule has 0 bridgehead atoms. The molecule has 2 aromatic rings. The third kappa shape index (κ3) is 3.72. The van der Waals surface area contributed by atoms with Crippen molar-refractivity contribution in [3.8, 4) is 0 Å². The number of hydrogen-bond acceptors (Lipinski definition) is 2. The molecule has 98 valence electrons. The van der Waals surface area contributed by atoms with Gasteiger partial charge in [-0.3, -0.25) is 4.79 Å². The highest BCUT2D eigenvalue weighted by atomic mass is 127. The van der Waals surface area contributed by atoms with Gasteiger partial charge in [0.1, 0.15) is 10.8 Å². The highest BCUT2D eigenvalue weighted by Gasteiger charge is 2.14. The van der Waals surface area contributed by atoms with Gasteiger partial charge in [-0.1, -0.05) is 34.8 Å². The molecule has 0 fully saturated rings. The molecule has 0 saturated carbocycles. The number of amides is 1. The molecule has 0 aliphatic heterocycles. The average molecular weight is 427 g/mol. The molecule has 0 radical (unpaired) electrons. The van der Waals surface area contributed by atoms with Crippen molar-refractivity contribution in [3.63, 3.8) is 0 Å². The molecular formula is C12H6Cl3IN2O. The first-order chi connectivity index (χ1) is 8.97. The molecule has 0 aliphatic carbocycles. The number of nitrogens with zero attached hydrogens (tertiary/aromatic N) is 1. The monoisotopic (exact) mass is 426 g/mol. The molecule has 2 rings (SSSR count). The largest absolute Gasteiger partial charge is 0.320 e. The normalized spacial score (nSPS) is 10.3. The minimum atomic E-state index is -0.423. The molecule has 0 aliphatic rings. The quantitative estimate of drug-likeness (QED) is 0.547. The van der Waals surface area contributed by atoms with Gasteiger partial charge in [-0.15, -0.1) is 0 Å². The topological polar surface area (TPSA) is 42.0 Å². The van der Waals surface area contributed by atoms with Crippen molar-refractivity contribution in [3.05, 3.63) is 54.8 Å². The van der Waals surface area contributed by atoms with Crippen molar-refractivity contribution in [2.45, 2.75) is 0 Å². The van der Waals surface area contributed by atoms with Crippen LogP contribution in [0.5, 0.6) is 0 Å². The van der Waals surface area contributed by atoms with Crippen LogP contribution < -0.4 is 5.32 Å². The maximum atomic E-state index is 12.1. The fraction of sp³-hybridized carbons (Fsp3) is 0. The molecular weight excluding hydrogens is 421 g/mol. The highest BCUT2D eigenvalue weighted by molar-refractivity contribution is 14.1. The Balaban J connectivity index is 2.28. The molecule has 1 amide bonds. The van der Waals surface area contributed by atoms with Crippen molar-refractivity contribution in [1.82, 2.24) is 4.98 Å². The lowest BCUT2D eigenvalue weighted by atomic mass is 10.3. The van der Waals surface area contributed by atoms with Crippen LogP contribution in [0, 0.1) is 3.57 Å². The number of carbonyl (C=O) groups excluding carboxylic acids is 1. The summed E-state index contributed by atoms with van der Waals surface area (Å²) in [5, 5.41) is 3.76. The van der Waals surface area contributed by atoms with Gasteiger partial charge in [0.15, 0.2) is 0 Å². The van der Waals surface area contributed by atoms with E-state index in [9.17, 15) is 4.79 Å². The lowest BCUT2D eigenvalue weighted by Gasteiger charge is -2.08. The number of anilines is 1. The second-order valence-corrected chi connectivity index (χ2v) is 5.94. The van der Waals surface area contributed by atoms with Gasteiger partial charge in [-0.05, 0) is 52.9 Å². The molecule has 19 heavy (non-hydrogen) atoms. The molecule has 1 heterocycles. The molecule has 1 N–H and O–H groups in total. The number of benzene rings is 1. The molecule has 0 saturated heterocycles. The summed E-state index contributed by atoms with van der Waals surface area (Å²) in [5.74, 6) is -0.423. The van der Waals surface area contributed by atoms with Crippen molar-refractivity contribution in [1.29, 1.82) is 0 Å². The van der Waals surface area contributed by atoms with Gasteiger partial charge in [-0.2, -0.15) is 0 Å². The van der Waals surface area contributed by atoms with Gasteiger partial charge in [0.2, 0.25) is 0 Å². The minimum Gasteiger partial charge on any atom is -0.320 e. The molecule has 0 spiro atoms. The smallest absolute Gasteiger partial charge is 0.275 e. The van der Waals surface area contributed by atoms with Crippen LogP contribution in [0.2, 0.25) is 15.2 Å². The van der Waals surface area contributed by atoms with Crippen molar-refractivity contribution in [2.75, 3.05) is 5.32 Å². The predicted octanol–water partition coefficient (Wildman–Crippen LogP) is 4.90. The average Bonchev–Trinajstić information content (AvgIpc) is 2.35. The highest BCUT2D eigenvalue weighted by Crippen LogP contribution is 2.24. The number of halogens is 4. The van der Waals surface area contributed by atoms with Crippen LogP contribution in [-0.2, 0) is 0 Å². The molecule has 3 nitrogen and oxygen atoms in total. The van der Waals surface area contributed by atoms with Crippen molar-refractivity contribution in [2.24, 2.45) is 0 Å². The molecule has 1 aromatic heterocycles.